The normalized spacial score (nSPS) is 16.8. The molecule has 9 heteroatoms. The third-order valence-electron chi connectivity index (χ3n) is 3.94. The van der Waals surface area contributed by atoms with Gasteiger partial charge in [-0.1, -0.05) is 42.2 Å². The summed E-state index contributed by atoms with van der Waals surface area (Å²) in [6, 6.07) is 7.30. The molecule has 0 radical (unpaired) electrons. The summed E-state index contributed by atoms with van der Waals surface area (Å²) >= 11 is 2.97. The monoisotopic (exact) mass is 392 g/mol. The zero-order chi connectivity index (χ0) is 18.5. The van der Waals surface area contributed by atoms with Gasteiger partial charge in [0.15, 0.2) is 4.34 Å². The van der Waals surface area contributed by atoms with Gasteiger partial charge in [-0.3, -0.25) is 9.59 Å². The number of hydrogen-bond acceptors (Lipinski definition) is 7. The summed E-state index contributed by atoms with van der Waals surface area (Å²) in [5, 5.41) is 11.3. The van der Waals surface area contributed by atoms with Gasteiger partial charge in [0.05, 0.1) is 18.7 Å². The number of nitrogens with one attached hydrogen (secondary N) is 1. The minimum absolute atomic E-state index is 0.0916. The molecule has 26 heavy (non-hydrogen) atoms. The van der Waals surface area contributed by atoms with Crippen molar-refractivity contribution in [3.05, 3.63) is 24.3 Å². The van der Waals surface area contributed by atoms with Crippen LogP contribution in [0, 0.1) is 5.92 Å². The molecular formula is C17H20N4O3S2. The number of benzene rings is 1. The van der Waals surface area contributed by atoms with Crippen molar-refractivity contribution in [3.63, 3.8) is 0 Å². The Morgan fingerprint density at radius 2 is 2.23 bits per heavy atom. The van der Waals surface area contributed by atoms with E-state index < -0.39 is 5.92 Å². The zero-order valence-electron chi connectivity index (χ0n) is 14.6. The first-order valence-corrected chi connectivity index (χ1v) is 10.1. The molecule has 0 unspecified atom stereocenters. The smallest absolute Gasteiger partial charge is 0.231 e. The van der Waals surface area contributed by atoms with Crippen LogP contribution in [0.2, 0.25) is 0 Å². The first kappa shape index (κ1) is 18.7. The van der Waals surface area contributed by atoms with E-state index in [2.05, 4.69) is 22.4 Å². The van der Waals surface area contributed by atoms with Crippen LogP contribution < -0.4 is 15.0 Å². The third-order valence-corrected chi connectivity index (χ3v) is 6.12. The average molecular weight is 393 g/mol. The molecule has 1 aromatic carbocycles. The van der Waals surface area contributed by atoms with Crippen molar-refractivity contribution in [2.24, 2.45) is 5.92 Å². The van der Waals surface area contributed by atoms with E-state index in [4.69, 9.17) is 4.74 Å². The number of methoxy groups -OCH3 is 1. The molecule has 1 aliphatic rings. The van der Waals surface area contributed by atoms with E-state index >= 15 is 0 Å². The number of hydrogen-bond donors (Lipinski definition) is 1. The molecule has 1 atom stereocenters. The van der Waals surface area contributed by atoms with Crippen LogP contribution in [0.15, 0.2) is 28.6 Å². The number of carbonyl (C=O) groups is 2. The largest absolute Gasteiger partial charge is 0.495 e. The molecule has 0 spiro atoms. The number of ether oxygens (including phenoxy) is 1. The van der Waals surface area contributed by atoms with Crippen molar-refractivity contribution in [3.8, 4) is 5.75 Å². The molecule has 2 amide bonds. The number of carbonyl (C=O) groups excluding carboxylic acids is 2. The number of rotatable bonds is 7. The van der Waals surface area contributed by atoms with Gasteiger partial charge in [0.2, 0.25) is 16.9 Å². The van der Waals surface area contributed by atoms with Crippen LogP contribution in [0.25, 0.3) is 0 Å². The number of thioether (sulfide) groups is 1. The van der Waals surface area contributed by atoms with E-state index in [1.54, 1.807) is 29.8 Å². The summed E-state index contributed by atoms with van der Waals surface area (Å²) in [6.45, 7) is 2.42. The quantitative estimate of drug-likeness (QED) is 0.576. The van der Waals surface area contributed by atoms with E-state index in [0.717, 1.165) is 16.5 Å². The summed E-state index contributed by atoms with van der Waals surface area (Å²) in [5.74, 6) is 0.852. The van der Waals surface area contributed by atoms with E-state index in [0.29, 0.717) is 23.1 Å². The van der Waals surface area contributed by atoms with Gasteiger partial charge in [-0.15, -0.1) is 10.2 Å². The number of amides is 2. The van der Waals surface area contributed by atoms with Crippen molar-refractivity contribution >= 4 is 45.7 Å². The Morgan fingerprint density at radius 3 is 3.00 bits per heavy atom. The van der Waals surface area contributed by atoms with Crippen LogP contribution in [0.5, 0.6) is 5.75 Å². The fourth-order valence-corrected chi connectivity index (χ4v) is 4.36. The molecule has 0 saturated carbocycles. The van der Waals surface area contributed by atoms with E-state index in [1.807, 2.05) is 18.2 Å². The molecular weight excluding hydrogens is 372 g/mol. The van der Waals surface area contributed by atoms with Gasteiger partial charge in [-0.05, 0) is 18.6 Å². The Hall–Kier alpha value is -2.13. The van der Waals surface area contributed by atoms with Crippen molar-refractivity contribution < 1.29 is 14.3 Å². The molecule has 2 heterocycles. The molecule has 3 rings (SSSR count). The fraction of sp³-hybridized carbons (Fsp3) is 0.412. The van der Waals surface area contributed by atoms with Crippen LogP contribution >= 0.6 is 23.1 Å². The standard InChI is InChI=1S/C17H20N4O3S2/c1-3-8-25-17-20-19-16(26-17)18-15(23)11-9-14(22)21(10-11)12-6-4-5-7-13(12)24-2/h4-7,11H,3,8-10H2,1-2H3,(H,18,19,23)/t11-/m1/s1. The second-order valence-corrected chi connectivity index (χ2v) is 8.11. The van der Waals surface area contributed by atoms with E-state index in [-0.39, 0.29) is 18.2 Å². The molecule has 1 N–H and O–H groups in total. The molecule has 1 fully saturated rings. The molecule has 1 aromatic heterocycles. The summed E-state index contributed by atoms with van der Waals surface area (Å²) < 4.78 is 6.15. The van der Waals surface area contributed by atoms with Crippen LogP contribution in [-0.2, 0) is 9.59 Å². The van der Waals surface area contributed by atoms with Gasteiger partial charge in [0.1, 0.15) is 5.75 Å². The Kier molecular flexibility index (Phi) is 6.10. The first-order valence-electron chi connectivity index (χ1n) is 8.33. The molecule has 1 saturated heterocycles. The minimum atomic E-state index is -0.428. The lowest BCUT2D eigenvalue weighted by molar-refractivity contribution is -0.122. The van der Waals surface area contributed by atoms with Crippen molar-refractivity contribution in [1.82, 2.24) is 10.2 Å². The summed E-state index contributed by atoms with van der Waals surface area (Å²) in [5.41, 5.74) is 0.685. The molecule has 7 nitrogen and oxygen atoms in total. The Balaban J connectivity index is 1.64. The Bertz CT molecular complexity index is 796. The van der Waals surface area contributed by atoms with Gasteiger partial charge >= 0.3 is 0 Å². The van der Waals surface area contributed by atoms with Crippen molar-refractivity contribution in [2.75, 3.05) is 29.6 Å². The molecule has 1 aliphatic heterocycles. The zero-order valence-corrected chi connectivity index (χ0v) is 16.2. The number of aromatic nitrogens is 2. The number of para-hydroxylation sites is 2. The molecule has 0 bridgehead atoms. The number of anilines is 2. The Morgan fingerprint density at radius 1 is 1.42 bits per heavy atom. The van der Waals surface area contributed by atoms with Gasteiger partial charge in [-0.25, -0.2) is 0 Å². The molecule has 2 aromatic rings. The van der Waals surface area contributed by atoms with Crippen LogP contribution in [-0.4, -0.2) is 41.4 Å². The maximum atomic E-state index is 12.5. The average Bonchev–Trinajstić information content (AvgIpc) is 3.26. The number of nitrogens with zero attached hydrogens (tertiary/aromatic N) is 3. The highest BCUT2D eigenvalue weighted by molar-refractivity contribution is 8.01. The second kappa shape index (κ2) is 8.50. The van der Waals surface area contributed by atoms with Gasteiger partial charge in [0, 0.05) is 18.7 Å². The van der Waals surface area contributed by atoms with Crippen molar-refractivity contribution in [1.29, 1.82) is 0 Å². The van der Waals surface area contributed by atoms with Gasteiger partial charge in [0.25, 0.3) is 0 Å². The second-order valence-electron chi connectivity index (χ2n) is 5.79. The van der Waals surface area contributed by atoms with Crippen molar-refractivity contribution in [2.45, 2.75) is 24.1 Å². The van der Waals surface area contributed by atoms with Gasteiger partial charge in [-0.2, -0.15) is 0 Å². The highest BCUT2D eigenvalue weighted by Crippen LogP contribution is 2.33. The first-order chi connectivity index (χ1) is 12.6. The van der Waals surface area contributed by atoms with E-state index in [9.17, 15) is 9.59 Å². The lowest BCUT2D eigenvalue weighted by atomic mass is 10.1. The summed E-state index contributed by atoms with van der Waals surface area (Å²) in [6.07, 6.45) is 1.22. The minimum Gasteiger partial charge on any atom is -0.495 e. The predicted octanol–water partition coefficient (Wildman–Crippen LogP) is 3.04. The summed E-state index contributed by atoms with van der Waals surface area (Å²) in [7, 11) is 1.56. The van der Waals surface area contributed by atoms with Gasteiger partial charge < -0.3 is 15.0 Å². The Labute approximate surface area is 160 Å². The lowest BCUT2D eigenvalue weighted by Gasteiger charge is -2.19. The molecule has 0 aliphatic carbocycles. The highest BCUT2D eigenvalue weighted by Gasteiger charge is 2.36. The van der Waals surface area contributed by atoms with Crippen LogP contribution in [0.3, 0.4) is 0 Å². The van der Waals surface area contributed by atoms with Crippen LogP contribution in [0.1, 0.15) is 19.8 Å². The maximum absolute atomic E-state index is 12.5. The van der Waals surface area contributed by atoms with E-state index in [1.165, 1.54) is 11.3 Å². The predicted molar refractivity (Wildman–Crippen MR) is 103 cm³/mol. The van der Waals surface area contributed by atoms with Crippen LogP contribution in [0.4, 0.5) is 10.8 Å². The topological polar surface area (TPSA) is 84.4 Å². The summed E-state index contributed by atoms with van der Waals surface area (Å²) in [4.78, 5) is 26.5. The fourth-order valence-electron chi connectivity index (χ4n) is 2.68. The maximum Gasteiger partial charge on any atom is 0.231 e. The SMILES string of the molecule is CCCSc1nnc(NC(=O)[C@@H]2CC(=O)N(c3ccccc3OC)C2)s1. The molecule has 138 valence electrons. The third kappa shape index (κ3) is 4.16. The highest BCUT2D eigenvalue weighted by atomic mass is 32.2. The lowest BCUT2D eigenvalue weighted by Crippen LogP contribution is -2.28.